The van der Waals surface area contributed by atoms with Crippen LogP contribution in [0.4, 0.5) is 13.2 Å². The van der Waals surface area contributed by atoms with Gasteiger partial charge >= 0.3 is 6.18 Å². The molecule has 2 nitrogen and oxygen atoms in total. The van der Waals surface area contributed by atoms with Crippen LogP contribution in [-0.2, 0) is 6.18 Å². The number of benzene rings is 1. The number of allylic oxidation sites excluding steroid dienone is 1. The topological polar surface area (TPSA) is 16.1 Å². The van der Waals surface area contributed by atoms with Gasteiger partial charge in [0.25, 0.3) is 0 Å². The van der Waals surface area contributed by atoms with Gasteiger partial charge in [-0.05, 0) is 90.9 Å². The molecule has 1 aromatic heterocycles. The molecule has 0 saturated heterocycles. The van der Waals surface area contributed by atoms with Gasteiger partial charge in [0, 0.05) is 24.5 Å². The lowest BCUT2D eigenvalue weighted by Gasteiger charge is -2.34. The van der Waals surface area contributed by atoms with E-state index < -0.39 is 11.7 Å². The Hall–Kier alpha value is -2.14. The number of pyridine rings is 1. The normalized spacial score (nSPS) is 19.6. The maximum absolute atomic E-state index is 13.7. The molecular formula is C34H49F3N2. The molecule has 4 rings (SSSR count). The number of alkyl halides is 3. The van der Waals surface area contributed by atoms with Crippen molar-refractivity contribution in [2.45, 2.75) is 111 Å². The van der Waals surface area contributed by atoms with Crippen molar-refractivity contribution in [3.8, 4) is 0 Å². The molecule has 0 radical (unpaired) electrons. The minimum Gasteiger partial charge on any atom is -0.292 e. The third kappa shape index (κ3) is 7.74. The van der Waals surface area contributed by atoms with Gasteiger partial charge in [-0.3, -0.25) is 9.88 Å². The number of nitrogens with zero attached hydrogens (tertiary/aromatic N) is 2. The van der Waals surface area contributed by atoms with Gasteiger partial charge < -0.3 is 0 Å². The van der Waals surface area contributed by atoms with Gasteiger partial charge in [0.2, 0.25) is 0 Å². The van der Waals surface area contributed by atoms with E-state index in [4.69, 9.17) is 0 Å². The van der Waals surface area contributed by atoms with Crippen LogP contribution in [0.15, 0.2) is 42.7 Å². The summed E-state index contributed by atoms with van der Waals surface area (Å²) < 4.78 is 41.0. The Labute approximate surface area is 235 Å². The highest BCUT2D eigenvalue weighted by atomic mass is 19.4. The summed E-state index contributed by atoms with van der Waals surface area (Å²) in [6.07, 6.45) is 12.0. The lowest BCUT2D eigenvalue weighted by molar-refractivity contribution is -0.137. The van der Waals surface area contributed by atoms with Gasteiger partial charge in [-0.15, -0.1) is 0 Å². The SMILES string of the molecule is CC.CCCCC(CC1=CCN(C)C(c2ccc(C(F)(F)F)cc2C2CCC2)c2ccncc21)CC(C)CC. The van der Waals surface area contributed by atoms with Crippen molar-refractivity contribution in [2.24, 2.45) is 11.8 Å². The van der Waals surface area contributed by atoms with Crippen LogP contribution in [0.3, 0.4) is 0 Å². The van der Waals surface area contributed by atoms with E-state index in [-0.39, 0.29) is 12.0 Å². The number of rotatable bonds is 10. The number of fused-ring (bicyclic) bond motifs is 1. The summed E-state index contributed by atoms with van der Waals surface area (Å²) in [6, 6.07) is 6.46. The number of hydrogen-bond donors (Lipinski definition) is 0. The quantitative estimate of drug-likeness (QED) is 0.297. The van der Waals surface area contributed by atoms with Gasteiger partial charge in [0.05, 0.1) is 11.6 Å². The molecule has 0 N–H and O–H groups in total. The van der Waals surface area contributed by atoms with Gasteiger partial charge in [0.15, 0.2) is 0 Å². The first kappa shape index (κ1) is 31.4. The molecule has 5 heteroatoms. The summed E-state index contributed by atoms with van der Waals surface area (Å²) in [5.74, 6) is 1.54. The first-order valence-electron chi connectivity index (χ1n) is 15.3. The van der Waals surface area contributed by atoms with E-state index in [9.17, 15) is 13.2 Å². The Bertz CT molecular complexity index is 1070. The molecule has 2 aliphatic rings. The number of likely N-dealkylation sites (N-methyl/N-ethyl adjacent to an activating group) is 1. The Morgan fingerprint density at radius 3 is 2.41 bits per heavy atom. The molecule has 0 amide bonds. The average molecular weight is 543 g/mol. The summed E-state index contributed by atoms with van der Waals surface area (Å²) >= 11 is 0. The average Bonchev–Trinajstić information content (AvgIpc) is 3.03. The molecule has 39 heavy (non-hydrogen) atoms. The van der Waals surface area contributed by atoms with Crippen molar-refractivity contribution in [1.29, 1.82) is 0 Å². The number of hydrogen-bond acceptors (Lipinski definition) is 2. The summed E-state index contributed by atoms with van der Waals surface area (Å²) in [5, 5.41) is 0. The number of aromatic nitrogens is 1. The van der Waals surface area contributed by atoms with Crippen LogP contribution in [-0.4, -0.2) is 23.5 Å². The molecule has 2 aromatic rings. The van der Waals surface area contributed by atoms with E-state index in [1.54, 1.807) is 6.07 Å². The highest BCUT2D eigenvalue weighted by Gasteiger charge is 2.36. The Balaban J connectivity index is 0.00000205. The lowest BCUT2D eigenvalue weighted by Crippen LogP contribution is -2.27. The molecule has 1 saturated carbocycles. The molecule has 216 valence electrons. The van der Waals surface area contributed by atoms with Gasteiger partial charge in [-0.1, -0.05) is 78.9 Å². The second-order valence-corrected chi connectivity index (χ2v) is 11.5. The van der Waals surface area contributed by atoms with E-state index in [0.717, 1.165) is 43.4 Å². The summed E-state index contributed by atoms with van der Waals surface area (Å²) in [5.41, 5.74) is 5.04. The largest absolute Gasteiger partial charge is 0.416 e. The summed E-state index contributed by atoms with van der Waals surface area (Å²) in [6.45, 7) is 11.7. The number of halogens is 3. The maximum atomic E-state index is 13.7. The molecule has 0 spiro atoms. The zero-order chi connectivity index (χ0) is 28.6. The zero-order valence-corrected chi connectivity index (χ0v) is 25.0. The molecule has 3 unspecified atom stereocenters. The van der Waals surface area contributed by atoms with Gasteiger partial charge in [-0.25, -0.2) is 0 Å². The molecule has 1 fully saturated rings. The second-order valence-electron chi connectivity index (χ2n) is 11.5. The van der Waals surface area contributed by atoms with E-state index in [1.165, 1.54) is 60.9 Å². The highest BCUT2D eigenvalue weighted by Crippen LogP contribution is 2.46. The standard InChI is InChI=1S/C32H43F3N2.C2H6/c1-5-7-9-23(18-22(3)6-2)19-25-15-17-37(4)31(28-14-16-36-21-30(25)28)27-13-12-26(32(33,34)35)20-29(27)24-10-8-11-24;1-2/h12-16,20-24,31H,5-11,17-19H2,1-4H3;1-2H3. The van der Waals surface area contributed by atoms with Crippen LogP contribution in [0.1, 0.15) is 132 Å². The fraction of sp³-hybridized carbons (Fsp3) is 0.618. The van der Waals surface area contributed by atoms with Crippen molar-refractivity contribution in [1.82, 2.24) is 9.88 Å². The Kier molecular flexibility index (Phi) is 11.7. The molecule has 0 bridgehead atoms. The van der Waals surface area contributed by atoms with Crippen LogP contribution in [0, 0.1) is 11.8 Å². The Morgan fingerprint density at radius 2 is 1.79 bits per heavy atom. The lowest BCUT2D eigenvalue weighted by atomic mass is 9.75. The van der Waals surface area contributed by atoms with E-state index in [1.807, 2.05) is 26.2 Å². The minimum atomic E-state index is -4.33. The van der Waals surface area contributed by atoms with Crippen molar-refractivity contribution >= 4 is 5.57 Å². The van der Waals surface area contributed by atoms with Crippen LogP contribution < -0.4 is 0 Å². The van der Waals surface area contributed by atoms with Crippen molar-refractivity contribution < 1.29 is 13.2 Å². The maximum Gasteiger partial charge on any atom is 0.416 e. The molecule has 2 heterocycles. The van der Waals surface area contributed by atoms with Crippen LogP contribution in [0.2, 0.25) is 0 Å². The monoisotopic (exact) mass is 542 g/mol. The molecule has 3 atom stereocenters. The van der Waals surface area contributed by atoms with E-state index in [2.05, 4.69) is 49.8 Å². The smallest absolute Gasteiger partial charge is 0.292 e. The fourth-order valence-corrected chi connectivity index (χ4v) is 6.13. The van der Waals surface area contributed by atoms with Crippen molar-refractivity contribution in [2.75, 3.05) is 13.6 Å². The molecular weight excluding hydrogens is 493 g/mol. The third-order valence-electron chi connectivity index (χ3n) is 8.72. The zero-order valence-electron chi connectivity index (χ0n) is 25.0. The molecule has 1 aliphatic carbocycles. The summed E-state index contributed by atoms with van der Waals surface area (Å²) in [7, 11) is 2.10. The van der Waals surface area contributed by atoms with Crippen molar-refractivity contribution in [3.05, 3.63) is 70.6 Å². The predicted molar refractivity (Wildman–Crippen MR) is 158 cm³/mol. The van der Waals surface area contributed by atoms with Crippen LogP contribution in [0.5, 0.6) is 0 Å². The van der Waals surface area contributed by atoms with E-state index in [0.29, 0.717) is 11.8 Å². The Morgan fingerprint density at radius 1 is 1.05 bits per heavy atom. The van der Waals surface area contributed by atoms with Crippen LogP contribution >= 0.6 is 0 Å². The molecule has 1 aromatic carbocycles. The summed E-state index contributed by atoms with van der Waals surface area (Å²) in [4.78, 5) is 6.81. The van der Waals surface area contributed by atoms with Gasteiger partial charge in [-0.2, -0.15) is 13.2 Å². The first-order chi connectivity index (χ1) is 18.7. The van der Waals surface area contributed by atoms with Crippen molar-refractivity contribution in [3.63, 3.8) is 0 Å². The first-order valence-corrected chi connectivity index (χ1v) is 15.3. The minimum absolute atomic E-state index is 0.0895. The molecule has 1 aliphatic heterocycles. The third-order valence-corrected chi connectivity index (χ3v) is 8.72. The number of unbranched alkanes of at least 4 members (excludes halogenated alkanes) is 1. The fourth-order valence-electron chi connectivity index (χ4n) is 6.13. The van der Waals surface area contributed by atoms with Crippen LogP contribution in [0.25, 0.3) is 5.57 Å². The second kappa shape index (κ2) is 14.5. The van der Waals surface area contributed by atoms with E-state index >= 15 is 0 Å². The van der Waals surface area contributed by atoms with Gasteiger partial charge in [0.1, 0.15) is 0 Å². The predicted octanol–water partition coefficient (Wildman–Crippen LogP) is 10.4. The highest BCUT2D eigenvalue weighted by molar-refractivity contribution is 5.70.